The van der Waals surface area contributed by atoms with Crippen LogP contribution in [0.25, 0.3) is 0 Å². The minimum absolute atomic E-state index is 0.214. The number of aromatic hydroxyl groups is 1. The van der Waals surface area contributed by atoms with Crippen molar-refractivity contribution in [2.45, 2.75) is 6.92 Å². The van der Waals surface area contributed by atoms with Crippen LogP contribution in [0.15, 0.2) is 53.5 Å². The molecule has 0 spiro atoms. The summed E-state index contributed by atoms with van der Waals surface area (Å²) >= 11 is 0. The Labute approximate surface area is 118 Å². The van der Waals surface area contributed by atoms with E-state index in [2.05, 4.69) is 4.99 Å². The molecule has 2 rings (SSSR count). The van der Waals surface area contributed by atoms with Gasteiger partial charge in [-0.15, -0.1) is 0 Å². The third kappa shape index (κ3) is 3.03. The van der Waals surface area contributed by atoms with Crippen molar-refractivity contribution in [3.05, 3.63) is 54.1 Å². The van der Waals surface area contributed by atoms with Crippen LogP contribution in [0.2, 0.25) is 0 Å². The number of phenolic OH excluding ortho intramolecular Hbond substituents is 1. The highest BCUT2D eigenvalue weighted by Gasteiger charge is 2.04. The maximum atomic E-state index is 10.7. The van der Waals surface area contributed by atoms with Crippen LogP contribution in [0, 0.1) is 0 Å². The van der Waals surface area contributed by atoms with Gasteiger partial charge >= 0.3 is 0 Å². The van der Waals surface area contributed by atoms with Gasteiger partial charge in [-0.2, -0.15) is 0 Å². The van der Waals surface area contributed by atoms with Gasteiger partial charge in [-0.3, -0.25) is 9.79 Å². The molecule has 0 heterocycles. The number of benzene rings is 2. The molecule has 0 aromatic heterocycles. The molecule has 0 unspecified atom stereocenters. The van der Waals surface area contributed by atoms with Crippen molar-refractivity contribution in [2.75, 3.05) is 11.9 Å². The fourth-order valence-corrected chi connectivity index (χ4v) is 1.86. The fourth-order valence-electron chi connectivity index (χ4n) is 1.86. The standard InChI is InChI=1S/C16H16N2O2/c1-12(15-5-3-4-6-16(15)20)17-13-7-9-14(10-8-13)18(2)11-19/h3-11,20H,1-2H3/b17-12+. The Morgan fingerprint density at radius 2 is 1.80 bits per heavy atom. The van der Waals surface area contributed by atoms with Crippen LogP contribution in [-0.2, 0) is 4.79 Å². The molecule has 1 amide bonds. The smallest absolute Gasteiger partial charge is 0.213 e. The zero-order valence-corrected chi connectivity index (χ0v) is 11.4. The number of carbonyl (C=O) groups is 1. The summed E-state index contributed by atoms with van der Waals surface area (Å²) in [5.74, 6) is 0.214. The third-order valence-corrected chi connectivity index (χ3v) is 3.01. The van der Waals surface area contributed by atoms with Gasteiger partial charge in [0, 0.05) is 24.0 Å². The molecule has 0 radical (unpaired) electrons. The summed E-state index contributed by atoms with van der Waals surface area (Å²) in [6.07, 6.45) is 0.755. The average Bonchev–Trinajstić information content (AvgIpc) is 2.47. The number of hydrogen-bond acceptors (Lipinski definition) is 3. The van der Waals surface area contributed by atoms with Crippen LogP contribution in [-0.4, -0.2) is 24.3 Å². The summed E-state index contributed by atoms with van der Waals surface area (Å²) in [5.41, 5.74) is 3.02. The van der Waals surface area contributed by atoms with E-state index in [0.717, 1.165) is 23.5 Å². The number of amides is 1. The predicted molar refractivity (Wildman–Crippen MR) is 80.9 cm³/mol. The van der Waals surface area contributed by atoms with E-state index in [0.29, 0.717) is 5.56 Å². The molecule has 0 aliphatic heterocycles. The first-order valence-electron chi connectivity index (χ1n) is 6.23. The minimum Gasteiger partial charge on any atom is -0.507 e. The number of anilines is 1. The zero-order valence-electron chi connectivity index (χ0n) is 11.4. The van der Waals surface area contributed by atoms with E-state index >= 15 is 0 Å². The Bertz CT molecular complexity index is 633. The predicted octanol–water partition coefficient (Wildman–Crippen LogP) is 3.13. The zero-order chi connectivity index (χ0) is 14.5. The van der Waals surface area contributed by atoms with Crippen LogP contribution in [0.3, 0.4) is 0 Å². The summed E-state index contributed by atoms with van der Waals surface area (Å²) in [5, 5.41) is 9.78. The monoisotopic (exact) mass is 268 g/mol. The van der Waals surface area contributed by atoms with Gasteiger partial charge in [0.25, 0.3) is 0 Å². The van der Waals surface area contributed by atoms with Crippen molar-refractivity contribution in [1.82, 2.24) is 0 Å². The van der Waals surface area contributed by atoms with Gasteiger partial charge in [0.15, 0.2) is 0 Å². The van der Waals surface area contributed by atoms with E-state index in [1.807, 2.05) is 43.3 Å². The van der Waals surface area contributed by atoms with Crippen LogP contribution in [0.4, 0.5) is 11.4 Å². The van der Waals surface area contributed by atoms with E-state index < -0.39 is 0 Å². The fraction of sp³-hybridized carbons (Fsp3) is 0.125. The molecule has 2 aromatic carbocycles. The molecule has 4 heteroatoms. The molecule has 0 aliphatic rings. The Morgan fingerprint density at radius 1 is 1.15 bits per heavy atom. The Kier molecular flexibility index (Phi) is 4.15. The Balaban J connectivity index is 2.27. The van der Waals surface area contributed by atoms with Crippen LogP contribution >= 0.6 is 0 Å². The molecule has 1 N–H and O–H groups in total. The average molecular weight is 268 g/mol. The number of rotatable bonds is 4. The lowest BCUT2D eigenvalue weighted by atomic mass is 10.1. The maximum absolute atomic E-state index is 10.7. The summed E-state index contributed by atoms with van der Waals surface area (Å²) in [6, 6.07) is 14.4. The number of nitrogens with zero attached hydrogens (tertiary/aromatic N) is 2. The number of aliphatic imine (C=N–C) groups is 1. The summed E-state index contributed by atoms with van der Waals surface area (Å²) < 4.78 is 0. The van der Waals surface area contributed by atoms with Crippen molar-refractivity contribution in [3.63, 3.8) is 0 Å². The lowest BCUT2D eigenvalue weighted by molar-refractivity contribution is -0.107. The molecular formula is C16H16N2O2. The van der Waals surface area contributed by atoms with Crippen molar-refractivity contribution >= 4 is 23.5 Å². The number of para-hydroxylation sites is 1. The van der Waals surface area contributed by atoms with Gasteiger partial charge < -0.3 is 10.0 Å². The van der Waals surface area contributed by atoms with E-state index in [4.69, 9.17) is 0 Å². The second-order valence-corrected chi connectivity index (χ2v) is 4.45. The first-order valence-corrected chi connectivity index (χ1v) is 6.23. The van der Waals surface area contributed by atoms with Crippen molar-refractivity contribution in [2.24, 2.45) is 4.99 Å². The quantitative estimate of drug-likeness (QED) is 0.684. The number of hydrogen-bond donors (Lipinski definition) is 1. The topological polar surface area (TPSA) is 52.9 Å². The van der Waals surface area contributed by atoms with Gasteiger partial charge in [0.05, 0.1) is 5.69 Å². The highest BCUT2D eigenvalue weighted by molar-refractivity contribution is 6.02. The van der Waals surface area contributed by atoms with Gasteiger partial charge in [-0.1, -0.05) is 12.1 Å². The molecule has 2 aromatic rings. The lowest BCUT2D eigenvalue weighted by Gasteiger charge is -2.10. The van der Waals surface area contributed by atoms with Gasteiger partial charge in [0.2, 0.25) is 6.41 Å². The SMILES string of the molecule is C/C(=N\c1ccc(N(C)C=O)cc1)c1ccccc1O. The van der Waals surface area contributed by atoms with Crippen molar-refractivity contribution in [3.8, 4) is 5.75 Å². The molecular weight excluding hydrogens is 252 g/mol. The minimum atomic E-state index is 0.214. The third-order valence-electron chi connectivity index (χ3n) is 3.01. The van der Waals surface area contributed by atoms with Gasteiger partial charge in [-0.05, 0) is 43.3 Å². The highest BCUT2D eigenvalue weighted by atomic mass is 16.3. The van der Waals surface area contributed by atoms with Crippen molar-refractivity contribution in [1.29, 1.82) is 0 Å². The Hall–Kier alpha value is -2.62. The van der Waals surface area contributed by atoms with Crippen LogP contribution in [0.1, 0.15) is 12.5 Å². The van der Waals surface area contributed by atoms with E-state index in [-0.39, 0.29) is 5.75 Å². The summed E-state index contributed by atoms with van der Waals surface area (Å²) in [4.78, 5) is 16.6. The Morgan fingerprint density at radius 3 is 2.40 bits per heavy atom. The van der Waals surface area contributed by atoms with Crippen LogP contribution < -0.4 is 4.90 Å². The lowest BCUT2D eigenvalue weighted by Crippen LogP contribution is -2.13. The molecule has 20 heavy (non-hydrogen) atoms. The van der Waals surface area contributed by atoms with Crippen LogP contribution in [0.5, 0.6) is 5.75 Å². The molecule has 0 aliphatic carbocycles. The van der Waals surface area contributed by atoms with Gasteiger partial charge in [0.1, 0.15) is 5.75 Å². The maximum Gasteiger partial charge on any atom is 0.213 e. The van der Waals surface area contributed by atoms with Crippen molar-refractivity contribution < 1.29 is 9.90 Å². The highest BCUT2D eigenvalue weighted by Crippen LogP contribution is 2.22. The van der Waals surface area contributed by atoms with E-state index in [9.17, 15) is 9.90 Å². The first kappa shape index (κ1) is 13.8. The normalized spacial score (nSPS) is 11.2. The largest absolute Gasteiger partial charge is 0.507 e. The van der Waals surface area contributed by atoms with E-state index in [1.165, 1.54) is 4.90 Å². The molecule has 0 fully saturated rings. The molecule has 0 atom stereocenters. The molecule has 0 saturated heterocycles. The second-order valence-electron chi connectivity index (χ2n) is 4.45. The molecule has 0 saturated carbocycles. The summed E-state index contributed by atoms with van der Waals surface area (Å²) in [6.45, 7) is 1.85. The number of phenols is 1. The molecule has 102 valence electrons. The second kappa shape index (κ2) is 6.02. The molecule has 0 bridgehead atoms. The first-order chi connectivity index (χ1) is 9.61. The molecule has 4 nitrogen and oxygen atoms in total. The summed E-state index contributed by atoms with van der Waals surface area (Å²) in [7, 11) is 1.69. The van der Waals surface area contributed by atoms with E-state index in [1.54, 1.807) is 19.2 Å². The van der Waals surface area contributed by atoms with Gasteiger partial charge in [-0.25, -0.2) is 0 Å². The number of carbonyl (C=O) groups excluding carboxylic acids is 1.